The molecule has 0 spiro atoms. The fraction of sp³-hybridized carbons (Fsp3) is 0.944. The fourth-order valence-electron chi connectivity index (χ4n) is 10.8. The molecule has 0 aromatic carbocycles. The van der Waals surface area contributed by atoms with Crippen molar-refractivity contribution in [1.29, 1.82) is 0 Å². The highest BCUT2D eigenvalue weighted by molar-refractivity contribution is 7.47. The first-order chi connectivity index (χ1) is 43.5. The van der Waals surface area contributed by atoms with Gasteiger partial charge in [0, 0.05) is 25.7 Å². The molecular weight excluding hydrogens is 1190 g/mol. The van der Waals surface area contributed by atoms with Crippen molar-refractivity contribution in [2.75, 3.05) is 39.6 Å². The topological polar surface area (TPSA) is 237 Å². The van der Waals surface area contributed by atoms with Gasteiger partial charge >= 0.3 is 39.5 Å². The lowest BCUT2D eigenvalue weighted by Gasteiger charge is -2.21. The highest BCUT2D eigenvalue weighted by atomic mass is 31.2. The number of unbranched alkanes of at least 4 members (excludes halogenated alkanes) is 43. The quantitative estimate of drug-likeness (QED) is 0.0222. The molecule has 0 rings (SSSR count). The van der Waals surface area contributed by atoms with Crippen LogP contribution in [-0.4, -0.2) is 96.7 Å². The summed E-state index contributed by atoms with van der Waals surface area (Å²) in [6, 6.07) is 0. The Bertz CT molecular complexity index is 1740. The molecule has 5 atom stereocenters. The Balaban J connectivity index is 5.22. The summed E-state index contributed by atoms with van der Waals surface area (Å²) < 4.78 is 68.3. The lowest BCUT2D eigenvalue weighted by Crippen LogP contribution is -2.30. The molecule has 2 unspecified atom stereocenters. The van der Waals surface area contributed by atoms with Crippen LogP contribution in [0.15, 0.2) is 0 Å². The summed E-state index contributed by atoms with van der Waals surface area (Å²) in [6.45, 7) is 7.18. The lowest BCUT2D eigenvalue weighted by atomic mass is 10.0. The molecule has 0 aromatic rings. The van der Waals surface area contributed by atoms with Gasteiger partial charge in [-0.2, -0.15) is 0 Å². The second-order valence-corrected chi connectivity index (χ2v) is 29.0. The van der Waals surface area contributed by atoms with Crippen molar-refractivity contribution in [3.63, 3.8) is 0 Å². The van der Waals surface area contributed by atoms with Gasteiger partial charge in [-0.15, -0.1) is 0 Å². The molecule has 0 heterocycles. The molecule has 0 saturated heterocycles. The average Bonchev–Trinajstić information content (AvgIpc) is 3.66. The Kier molecular flexibility index (Phi) is 63.0. The number of carbonyl (C=O) groups is 4. The molecule has 0 fully saturated rings. The Morgan fingerprint density at radius 2 is 0.511 bits per heavy atom. The molecule has 534 valence electrons. The first-order valence-electron chi connectivity index (χ1n) is 37.1. The maximum absolute atomic E-state index is 13.0. The predicted octanol–water partition coefficient (Wildman–Crippen LogP) is 20.5. The average molecular weight is 1330 g/mol. The molecule has 0 aliphatic heterocycles. The van der Waals surface area contributed by atoms with E-state index in [-0.39, 0.29) is 25.7 Å². The van der Waals surface area contributed by atoms with Gasteiger partial charge in [-0.1, -0.05) is 317 Å². The second-order valence-electron chi connectivity index (χ2n) is 26.1. The van der Waals surface area contributed by atoms with Crippen LogP contribution < -0.4 is 0 Å². The third-order valence-electron chi connectivity index (χ3n) is 16.5. The summed E-state index contributed by atoms with van der Waals surface area (Å²) >= 11 is 0. The second kappa shape index (κ2) is 64.4. The Morgan fingerprint density at radius 3 is 0.756 bits per heavy atom. The van der Waals surface area contributed by atoms with Crippen molar-refractivity contribution in [3.05, 3.63) is 0 Å². The third kappa shape index (κ3) is 64.8. The first-order valence-corrected chi connectivity index (χ1v) is 40.1. The minimum absolute atomic E-state index is 0.104. The maximum Gasteiger partial charge on any atom is 0.472 e. The van der Waals surface area contributed by atoms with Crippen LogP contribution in [0.1, 0.15) is 369 Å². The molecule has 17 nitrogen and oxygen atoms in total. The number of aliphatic hydroxyl groups excluding tert-OH is 1. The molecule has 90 heavy (non-hydrogen) atoms. The summed E-state index contributed by atoms with van der Waals surface area (Å²) in [4.78, 5) is 72.5. The van der Waals surface area contributed by atoms with Gasteiger partial charge < -0.3 is 33.8 Å². The summed E-state index contributed by atoms with van der Waals surface area (Å²) in [5.74, 6) is -1.43. The van der Waals surface area contributed by atoms with E-state index in [0.717, 1.165) is 89.9 Å². The maximum atomic E-state index is 13.0. The van der Waals surface area contributed by atoms with E-state index in [1.165, 1.54) is 193 Å². The highest BCUT2D eigenvalue weighted by Gasteiger charge is 2.30. The number of carbonyl (C=O) groups excluding carboxylic acids is 4. The van der Waals surface area contributed by atoms with Gasteiger partial charge in [0.25, 0.3) is 0 Å². The van der Waals surface area contributed by atoms with Crippen molar-refractivity contribution < 1.29 is 80.2 Å². The van der Waals surface area contributed by atoms with Crippen LogP contribution in [-0.2, 0) is 65.4 Å². The van der Waals surface area contributed by atoms with Gasteiger partial charge in [0.15, 0.2) is 12.2 Å². The van der Waals surface area contributed by atoms with Gasteiger partial charge in [-0.25, -0.2) is 9.13 Å². The third-order valence-corrected chi connectivity index (χ3v) is 18.4. The first kappa shape index (κ1) is 88.1. The van der Waals surface area contributed by atoms with Crippen LogP contribution in [0.25, 0.3) is 0 Å². The molecular formula is C71H138O17P2. The fourth-order valence-corrected chi connectivity index (χ4v) is 12.4. The van der Waals surface area contributed by atoms with Crippen LogP contribution in [0, 0.1) is 5.92 Å². The molecule has 3 N–H and O–H groups in total. The molecule has 0 aliphatic rings. The van der Waals surface area contributed by atoms with Gasteiger partial charge in [-0.3, -0.25) is 37.3 Å². The van der Waals surface area contributed by atoms with E-state index < -0.39 is 97.5 Å². The van der Waals surface area contributed by atoms with E-state index in [9.17, 15) is 43.2 Å². The zero-order chi connectivity index (χ0) is 66.3. The Morgan fingerprint density at radius 1 is 0.300 bits per heavy atom. The van der Waals surface area contributed by atoms with Crippen molar-refractivity contribution in [3.8, 4) is 0 Å². The number of hydrogen-bond acceptors (Lipinski definition) is 15. The molecule has 0 aromatic heterocycles. The highest BCUT2D eigenvalue weighted by Crippen LogP contribution is 2.45. The standard InChI is InChI=1S/C71H138O17P2/c1-6-9-12-15-18-21-23-25-27-28-29-31-33-36-41-46-51-56-70(75)87-66(60-82-69(74)55-50-45-40-35-32-30-26-24-22-19-16-13-10-7-2)62-85-89(77,78)83-58-65(72)59-84-90(79,80)86-63-67(61-81-68(73)54-49-44-39-34-20-17-14-11-8-3)88-71(76)57-52-47-42-37-38-43-48-53-64(4)5/h64-67,72H,6-63H2,1-5H3,(H,77,78)(H,79,80)/t65-,66-,67-/m1/s1. The number of esters is 4. The van der Waals surface area contributed by atoms with Crippen LogP contribution in [0.4, 0.5) is 0 Å². The number of phosphoric acid groups is 2. The number of aliphatic hydroxyl groups is 1. The van der Waals surface area contributed by atoms with E-state index in [1.54, 1.807) is 0 Å². The SMILES string of the molecule is CCCCCCCCCCCCCCCCCCCC(=O)O[C@H](COC(=O)CCCCCCCCCCCCCCCC)COP(=O)(O)OC[C@@H](O)COP(=O)(O)OC[C@@H](COC(=O)CCCCCCCCCCC)OC(=O)CCCCCCCCCC(C)C. The van der Waals surface area contributed by atoms with Crippen molar-refractivity contribution >= 4 is 39.5 Å². The van der Waals surface area contributed by atoms with Crippen LogP contribution >= 0.6 is 15.6 Å². The lowest BCUT2D eigenvalue weighted by molar-refractivity contribution is -0.161. The minimum Gasteiger partial charge on any atom is -0.462 e. The van der Waals surface area contributed by atoms with E-state index in [4.69, 9.17) is 37.0 Å². The monoisotopic (exact) mass is 1320 g/mol. The summed E-state index contributed by atoms with van der Waals surface area (Å²) in [6.07, 6.45) is 51.4. The van der Waals surface area contributed by atoms with Gasteiger partial charge in [-0.05, 0) is 31.6 Å². The molecule has 0 amide bonds. The number of phosphoric ester groups is 2. The smallest absolute Gasteiger partial charge is 0.462 e. The van der Waals surface area contributed by atoms with Gasteiger partial charge in [0.2, 0.25) is 0 Å². The van der Waals surface area contributed by atoms with Crippen LogP contribution in [0.3, 0.4) is 0 Å². The van der Waals surface area contributed by atoms with E-state index in [0.29, 0.717) is 31.6 Å². The van der Waals surface area contributed by atoms with E-state index in [2.05, 4.69) is 34.6 Å². The normalized spacial score (nSPS) is 14.1. The molecule has 0 radical (unpaired) electrons. The van der Waals surface area contributed by atoms with Crippen molar-refractivity contribution in [2.24, 2.45) is 5.92 Å². The number of ether oxygens (including phenoxy) is 4. The van der Waals surface area contributed by atoms with Gasteiger partial charge in [0.05, 0.1) is 26.4 Å². The zero-order valence-electron chi connectivity index (χ0n) is 58.3. The Hall–Kier alpha value is -1.94. The predicted molar refractivity (Wildman–Crippen MR) is 363 cm³/mol. The number of hydrogen-bond donors (Lipinski definition) is 3. The largest absolute Gasteiger partial charge is 0.472 e. The van der Waals surface area contributed by atoms with Crippen molar-refractivity contribution in [2.45, 2.75) is 387 Å². The zero-order valence-corrected chi connectivity index (χ0v) is 60.1. The number of rotatable bonds is 71. The summed E-state index contributed by atoms with van der Waals surface area (Å²) in [7, 11) is -9.90. The van der Waals surface area contributed by atoms with Crippen LogP contribution in [0.2, 0.25) is 0 Å². The van der Waals surface area contributed by atoms with Gasteiger partial charge in [0.1, 0.15) is 19.3 Å². The molecule has 0 bridgehead atoms. The molecule has 19 heteroatoms. The van der Waals surface area contributed by atoms with Crippen molar-refractivity contribution in [1.82, 2.24) is 0 Å². The summed E-state index contributed by atoms with van der Waals surface area (Å²) in [5, 5.41) is 10.6. The van der Waals surface area contributed by atoms with Crippen LogP contribution in [0.5, 0.6) is 0 Å². The van der Waals surface area contributed by atoms with E-state index in [1.807, 2.05) is 0 Å². The molecule has 0 saturated carbocycles. The molecule has 0 aliphatic carbocycles. The summed E-state index contributed by atoms with van der Waals surface area (Å²) in [5.41, 5.74) is 0. The van der Waals surface area contributed by atoms with E-state index >= 15 is 0 Å². The Labute approximate surface area is 549 Å². The minimum atomic E-state index is -4.95.